The number of benzene rings is 1. The van der Waals surface area contributed by atoms with Crippen LogP contribution in [0.3, 0.4) is 0 Å². The molecule has 2 aliphatic rings. The van der Waals surface area contributed by atoms with Gasteiger partial charge in [0.05, 0.1) is 0 Å². The van der Waals surface area contributed by atoms with Crippen molar-refractivity contribution in [3.8, 4) is 0 Å². The monoisotopic (exact) mass is 286 g/mol. The quantitative estimate of drug-likeness (QED) is 0.880. The molecular formula is C19H30N2. The Kier molecular flexibility index (Phi) is 4.84. The Bertz CT molecular complexity index is 457. The highest BCUT2D eigenvalue weighted by Gasteiger charge is 2.31. The SMILES string of the molecule is CCCNC1CCCCC1CN1c2ccccc2CC1C. The van der Waals surface area contributed by atoms with Crippen LogP contribution in [-0.2, 0) is 6.42 Å². The zero-order chi connectivity index (χ0) is 14.7. The van der Waals surface area contributed by atoms with E-state index in [1.807, 2.05) is 0 Å². The first-order valence-electron chi connectivity index (χ1n) is 8.87. The van der Waals surface area contributed by atoms with E-state index in [2.05, 4.69) is 48.3 Å². The van der Waals surface area contributed by atoms with Crippen molar-refractivity contribution in [3.63, 3.8) is 0 Å². The summed E-state index contributed by atoms with van der Waals surface area (Å²) in [6, 6.07) is 10.4. The largest absolute Gasteiger partial charge is 0.368 e. The Morgan fingerprint density at radius 2 is 2.00 bits per heavy atom. The highest BCUT2D eigenvalue weighted by atomic mass is 15.2. The summed E-state index contributed by atoms with van der Waals surface area (Å²) in [5.41, 5.74) is 3.03. The van der Waals surface area contributed by atoms with Gasteiger partial charge < -0.3 is 10.2 Å². The third kappa shape index (κ3) is 3.26. The van der Waals surface area contributed by atoms with Crippen LogP contribution < -0.4 is 10.2 Å². The van der Waals surface area contributed by atoms with Gasteiger partial charge >= 0.3 is 0 Å². The molecule has 0 saturated heterocycles. The molecule has 116 valence electrons. The van der Waals surface area contributed by atoms with Gasteiger partial charge in [-0.1, -0.05) is 38.0 Å². The van der Waals surface area contributed by atoms with Crippen molar-refractivity contribution in [2.24, 2.45) is 5.92 Å². The standard InChI is InChI=1S/C19H30N2/c1-3-12-20-18-10-6-4-9-17(18)14-21-15(2)13-16-8-5-7-11-19(16)21/h5,7-8,11,15,17-18,20H,3-4,6,9-10,12-14H2,1-2H3. The maximum atomic E-state index is 3.81. The van der Waals surface area contributed by atoms with Gasteiger partial charge in [-0.2, -0.15) is 0 Å². The van der Waals surface area contributed by atoms with E-state index < -0.39 is 0 Å². The first-order valence-corrected chi connectivity index (χ1v) is 8.87. The van der Waals surface area contributed by atoms with Crippen LogP contribution in [0.4, 0.5) is 5.69 Å². The van der Waals surface area contributed by atoms with Crippen molar-refractivity contribution >= 4 is 5.69 Å². The first-order chi connectivity index (χ1) is 10.3. The van der Waals surface area contributed by atoms with E-state index in [1.165, 1.54) is 57.3 Å². The van der Waals surface area contributed by atoms with Gasteiger partial charge in [0.15, 0.2) is 0 Å². The molecule has 1 fully saturated rings. The number of nitrogens with one attached hydrogen (secondary N) is 1. The molecule has 2 nitrogen and oxygen atoms in total. The van der Waals surface area contributed by atoms with Crippen molar-refractivity contribution in [2.75, 3.05) is 18.0 Å². The van der Waals surface area contributed by atoms with Gasteiger partial charge in [-0.25, -0.2) is 0 Å². The molecular weight excluding hydrogens is 256 g/mol. The molecule has 0 radical (unpaired) electrons. The van der Waals surface area contributed by atoms with Gasteiger partial charge in [-0.05, 0) is 56.7 Å². The number of para-hydroxylation sites is 1. The van der Waals surface area contributed by atoms with Crippen molar-refractivity contribution in [2.45, 2.75) is 64.5 Å². The van der Waals surface area contributed by atoms with E-state index in [9.17, 15) is 0 Å². The maximum Gasteiger partial charge on any atom is 0.0402 e. The van der Waals surface area contributed by atoms with Gasteiger partial charge in [0, 0.05) is 24.3 Å². The van der Waals surface area contributed by atoms with Crippen molar-refractivity contribution in [1.29, 1.82) is 0 Å². The topological polar surface area (TPSA) is 15.3 Å². The molecule has 0 aromatic heterocycles. The molecule has 0 spiro atoms. The van der Waals surface area contributed by atoms with Crippen molar-refractivity contribution in [3.05, 3.63) is 29.8 Å². The fourth-order valence-electron chi connectivity index (χ4n) is 4.19. The summed E-state index contributed by atoms with van der Waals surface area (Å²) >= 11 is 0. The number of anilines is 1. The lowest BCUT2D eigenvalue weighted by Gasteiger charge is -2.37. The van der Waals surface area contributed by atoms with Crippen LogP contribution in [0.25, 0.3) is 0 Å². The lowest BCUT2D eigenvalue weighted by Crippen LogP contribution is -2.45. The Morgan fingerprint density at radius 1 is 1.19 bits per heavy atom. The average molecular weight is 286 g/mol. The third-order valence-electron chi connectivity index (χ3n) is 5.35. The second-order valence-corrected chi connectivity index (χ2v) is 6.94. The number of rotatable bonds is 5. The summed E-state index contributed by atoms with van der Waals surface area (Å²) < 4.78 is 0. The minimum atomic E-state index is 0.663. The second kappa shape index (κ2) is 6.83. The zero-order valence-corrected chi connectivity index (χ0v) is 13.6. The Morgan fingerprint density at radius 3 is 2.86 bits per heavy atom. The minimum Gasteiger partial charge on any atom is -0.368 e. The summed E-state index contributed by atoms with van der Waals surface area (Å²) in [4.78, 5) is 2.67. The normalized spacial score (nSPS) is 28.7. The average Bonchev–Trinajstić information content (AvgIpc) is 2.82. The summed E-state index contributed by atoms with van der Waals surface area (Å²) in [6.45, 7) is 7.06. The van der Waals surface area contributed by atoms with Crippen LogP contribution in [0.2, 0.25) is 0 Å². The van der Waals surface area contributed by atoms with Crippen LogP contribution in [0.1, 0.15) is 51.5 Å². The lowest BCUT2D eigenvalue weighted by atomic mass is 9.84. The number of fused-ring (bicyclic) bond motifs is 1. The Balaban J connectivity index is 1.69. The van der Waals surface area contributed by atoms with E-state index in [-0.39, 0.29) is 0 Å². The smallest absolute Gasteiger partial charge is 0.0402 e. The molecule has 1 aliphatic heterocycles. The molecule has 3 atom stereocenters. The zero-order valence-electron chi connectivity index (χ0n) is 13.6. The van der Waals surface area contributed by atoms with Gasteiger partial charge in [-0.3, -0.25) is 0 Å². The molecule has 3 unspecified atom stereocenters. The van der Waals surface area contributed by atoms with Crippen LogP contribution >= 0.6 is 0 Å². The summed E-state index contributed by atoms with van der Waals surface area (Å²) in [5.74, 6) is 0.818. The van der Waals surface area contributed by atoms with E-state index >= 15 is 0 Å². The van der Waals surface area contributed by atoms with E-state index in [4.69, 9.17) is 0 Å². The van der Waals surface area contributed by atoms with Crippen LogP contribution in [0.15, 0.2) is 24.3 Å². The number of nitrogens with zero attached hydrogens (tertiary/aromatic N) is 1. The molecule has 1 aromatic carbocycles. The highest BCUT2D eigenvalue weighted by molar-refractivity contribution is 5.59. The van der Waals surface area contributed by atoms with Gasteiger partial charge in [-0.15, -0.1) is 0 Å². The third-order valence-corrected chi connectivity index (χ3v) is 5.35. The molecule has 2 heteroatoms. The van der Waals surface area contributed by atoms with Crippen molar-refractivity contribution in [1.82, 2.24) is 5.32 Å². The molecule has 1 aromatic rings. The minimum absolute atomic E-state index is 0.663. The molecule has 0 amide bonds. The maximum absolute atomic E-state index is 3.81. The molecule has 0 bridgehead atoms. The van der Waals surface area contributed by atoms with E-state index in [1.54, 1.807) is 5.56 Å². The first kappa shape index (κ1) is 14.9. The highest BCUT2D eigenvalue weighted by Crippen LogP contribution is 2.35. The summed E-state index contributed by atoms with van der Waals surface area (Å²) in [6.07, 6.45) is 8.05. The second-order valence-electron chi connectivity index (χ2n) is 6.94. The van der Waals surface area contributed by atoms with Gasteiger partial charge in [0.2, 0.25) is 0 Å². The molecule has 1 heterocycles. The number of hydrogen-bond acceptors (Lipinski definition) is 2. The summed E-state index contributed by atoms with van der Waals surface area (Å²) in [5, 5.41) is 3.81. The predicted molar refractivity (Wildman–Crippen MR) is 91.0 cm³/mol. The van der Waals surface area contributed by atoms with Crippen LogP contribution in [0, 0.1) is 5.92 Å². The predicted octanol–water partition coefficient (Wildman–Crippen LogP) is 4.00. The molecule has 1 aliphatic carbocycles. The lowest BCUT2D eigenvalue weighted by molar-refractivity contribution is 0.262. The van der Waals surface area contributed by atoms with Crippen molar-refractivity contribution < 1.29 is 0 Å². The molecule has 21 heavy (non-hydrogen) atoms. The fraction of sp³-hybridized carbons (Fsp3) is 0.684. The Hall–Kier alpha value is -1.02. The van der Waals surface area contributed by atoms with E-state index in [0.717, 1.165) is 12.0 Å². The molecule has 1 saturated carbocycles. The fourth-order valence-corrected chi connectivity index (χ4v) is 4.19. The van der Waals surface area contributed by atoms with Crippen LogP contribution in [-0.4, -0.2) is 25.2 Å². The van der Waals surface area contributed by atoms with E-state index in [0.29, 0.717) is 6.04 Å². The van der Waals surface area contributed by atoms with Gasteiger partial charge in [0.25, 0.3) is 0 Å². The Labute approximate surface area is 129 Å². The van der Waals surface area contributed by atoms with Crippen LogP contribution in [0.5, 0.6) is 0 Å². The molecule has 1 N–H and O–H groups in total. The molecule has 3 rings (SSSR count). The van der Waals surface area contributed by atoms with Gasteiger partial charge in [0.1, 0.15) is 0 Å². The summed E-state index contributed by atoms with van der Waals surface area (Å²) in [7, 11) is 0. The number of hydrogen-bond donors (Lipinski definition) is 1.